The molecular weight excluding hydrogens is 188 g/mol. The van der Waals surface area contributed by atoms with Gasteiger partial charge in [-0.25, -0.2) is 14.7 Å². The standard InChI is InChI=1S/C4H10N2O5S/c5-12(10,11)6-2-1-3(7)4(8)9/h3,6-7H,1-2H2,(H,8,9)(H2,5,10,11)/t3-/m0/s1. The number of carboxylic acid groups (broad SMARTS) is 1. The number of carbonyl (C=O) groups is 1. The van der Waals surface area contributed by atoms with E-state index in [0.29, 0.717) is 0 Å². The number of rotatable bonds is 5. The highest BCUT2D eigenvalue weighted by molar-refractivity contribution is 7.87. The van der Waals surface area contributed by atoms with Crippen LogP contribution in [0.3, 0.4) is 0 Å². The van der Waals surface area contributed by atoms with Gasteiger partial charge in [0.05, 0.1) is 0 Å². The summed E-state index contributed by atoms with van der Waals surface area (Å²) in [5.74, 6) is -1.40. The van der Waals surface area contributed by atoms with Gasteiger partial charge >= 0.3 is 5.97 Å². The average molecular weight is 198 g/mol. The van der Waals surface area contributed by atoms with Gasteiger partial charge in [0.2, 0.25) is 0 Å². The first-order chi connectivity index (χ1) is 5.33. The van der Waals surface area contributed by atoms with E-state index in [0.717, 1.165) is 0 Å². The second-order valence-corrected chi connectivity index (χ2v) is 3.46. The highest BCUT2D eigenvalue weighted by Crippen LogP contribution is 1.89. The molecule has 12 heavy (non-hydrogen) atoms. The Morgan fingerprint density at radius 3 is 2.42 bits per heavy atom. The highest BCUT2D eigenvalue weighted by Gasteiger charge is 2.12. The lowest BCUT2D eigenvalue weighted by Gasteiger charge is -2.04. The van der Waals surface area contributed by atoms with Crippen LogP contribution in [0.15, 0.2) is 0 Å². The van der Waals surface area contributed by atoms with Crippen molar-refractivity contribution in [2.75, 3.05) is 6.54 Å². The molecule has 7 nitrogen and oxygen atoms in total. The van der Waals surface area contributed by atoms with Gasteiger partial charge in [-0.05, 0) is 6.42 Å². The number of carboxylic acids is 1. The van der Waals surface area contributed by atoms with Gasteiger partial charge in [0.1, 0.15) is 0 Å². The lowest BCUT2D eigenvalue weighted by molar-refractivity contribution is -0.146. The van der Waals surface area contributed by atoms with Crippen molar-refractivity contribution >= 4 is 16.2 Å². The fourth-order valence-electron chi connectivity index (χ4n) is 0.461. The topological polar surface area (TPSA) is 130 Å². The SMILES string of the molecule is NS(=O)(=O)NCC[C@H](O)C(=O)O. The third-order valence-electron chi connectivity index (χ3n) is 1.01. The number of aliphatic carboxylic acids is 1. The monoisotopic (exact) mass is 198 g/mol. The van der Waals surface area contributed by atoms with Crippen molar-refractivity contribution in [3.63, 3.8) is 0 Å². The zero-order valence-electron chi connectivity index (χ0n) is 6.10. The van der Waals surface area contributed by atoms with Crippen LogP contribution in [0.1, 0.15) is 6.42 Å². The molecule has 0 aliphatic carbocycles. The summed E-state index contributed by atoms with van der Waals surface area (Å²) >= 11 is 0. The van der Waals surface area contributed by atoms with Crippen LogP contribution in [0.25, 0.3) is 0 Å². The van der Waals surface area contributed by atoms with Crippen LogP contribution in [-0.2, 0) is 15.0 Å². The molecule has 0 saturated carbocycles. The fourth-order valence-corrected chi connectivity index (χ4v) is 0.864. The fraction of sp³-hybridized carbons (Fsp3) is 0.750. The average Bonchev–Trinajstić information content (AvgIpc) is 1.84. The Bertz CT molecular complexity index is 248. The van der Waals surface area contributed by atoms with Gasteiger partial charge in [-0.2, -0.15) is 8.42 Å². The van der Waals surface area contributed by atoms with Crippen molar-refractivity contribution in [2.45, 2.75) is 12.5 Å². The van der Waals surface area contributed by atoms with Crippen molar-refractivity contribution in [2.24, 2.45) is 5.14 Å². The van der Waals surface area contributed by atoms with Crippen LogP contribution in [0.5, 0.6) is 0 Å². The Morgan fingerprint density at radius 1 is 1.58 bits per heavy atom. The Balaban J connectivity index is 3.65. The van der Waals surface area contributed by atoms with Crippen LogP contribution < -0.4 is 9.86 Å². The third kappa shape index (κ3) is 6.04. The third-order valence-corrected chi connectivity index (χ3v) is 1.61. The van der Waals surface area contributed by atoms with Crippen molar-refractivity contribution in [1.82, 2.24) is 4.72 Å². The molecule has 0 saturated heterocycles. The summed E-state index contributed by atoms with van der Waals surface area (Å²) in [5.41, 5.74) is 0. The predicted octanol–water partition coefficient (Wildman–Crippen LogP) is -2.38. The normalized spacial score (nSPS) is 14.2. The molecule has 0 heterocycles. The van der Waals surface area contributed by atoms with Crippen LogP contribution in [-0.4, -0.2) is 37.2 Å². The molecule has 0 unspecified atom stereocenters. The summed E-state index contributed by atoms with van der Waals surface area (Å²) in [4.78, 5) is 10.00. The van der Waals surface area contributed by atoms with E-state index in [1.54, 1.807) is 0 Å². The van der Waals surface area contributed by atoms with E-state index >= 15 is 0 Å². The van der Waals surface area contributed by atoms with E-state index in [1.165, 1.54) is 0 Å². The first-order valence-electron chi connectivity index (χ1n) is 3.01. The number of nitrogens with one attached hydrogen (secondary N) is 1. The van der Waals surface area contributed by atoms with Gasteiger partial charge in [-0.15, -0.1) is 0 Å². The second-order valence-electron chi connectivity index (χ2n) is 2.08. The van der Waals surface area contributed by atoms with Crippen molar-refractivity contribution in [1.29, 1.82) is 0 Å². The molecule has 0 aliphatic rings. The van der Waals surface area contributed by atoms with E-state index in [-0.39, 0.29) is 13.0 Å². The molecule has 0 aromatic rings. The van der Waals surface area contributed by atoms with Gasteiger partial charge in [-0.3, -0.25) is 0 Å². The molecule has 0 rings (SSSR count). The number of hydrogen-bond donors (Lipinski definition) is 4. The molecule has 0 aliphatic heterocycles. The van der Waals surface area contributed by atoms with Gasteiger partial charge in [-0.1, -0.05) is 0 Å². The molecule has 0 aromatic carbocycles. The molecule has 5 N–H and O–H groups in total. The van der Waals surface area contributed by atoms with Crippen LogP contribution >= 0.6 is 0 Å². The zero-order valence-corrected chi connectivity index (χ0v) is 6.91. The number of aliphatic hydroxyl groups excluding tert-OH is 1. The molecule has 72 valence electrons. The molecule has 0 bridgehead atoms. The van der Waals surface area contributed by atoms with Crippen LogP contribution in [0, 0.1) is 0 Å². The van der Waals surface area contributed by atoms with Crippen LogP contribution in [0.2, 0.25) is 0 Å². The van der Waals surface area contributed by atoms with E-state index in [4.69, 9.17) is 10.2 Å². The van der Waals surface area contributed by atoms with Crippen molar-refractivity contribution in [3.05, 3.63) is 0 Å². The quantitative estimate of drug-likeness (QED) is 0.391. The van der Waals surface area contributed by atoms with E-state index < -0.39 is 22.3 Å². The Labute approximate surface area is 69.4 Å². The maximum absolute atomic E-state index is 10.2. The van der Waals surface area contributed by atoms with Gasteiger partial charge in [0, 0.05) is 6.54 Å². The Morgan fingerprint density at radius 2 is 2.08 bits per heavy atom. The smallest absolute Gasteiger partial charge is 0.332 e. The molecule has 1 atom stereocenters. The lowest BCUT2D eigenvalue weighted by Crippen LogP contribution is -2.34. The van der Waals surface area contributed by atoms with E-state index in [9.17, 15) is 13.2 Å². The molecular formula is C4H10N2O5S. The maximum Gasteiger partial charge on any atom is 0.332 e. The van der Waals surface area contributed by atoms with Gasteiger partial charge in [0.25, 0.3) is 10.2 Å². The van der Waals surface area contributed by atoms with E-state index in [1.807, 2.05) is 4.72 Å². The number of hydrogen-bond acceptors (Lipinski definition) is 4. The Kier molecular flexibility index (Phi) is 4.10. The number of nitrogens with two attached hydrogens (primary N) is 1. The minimum atomic E-state index is -3.80. The number of aliphatic hydroxyl groups is 1. The predicted molar refractivity (Wildman–Crippen MR) is 39.4 cm³/mol. The lowest BCUT2D eigenvalue weighted by atomic mass is 10.3. The van der Waals surface area contributed by atoms with Crippen molar-refractivity contribution in [3.8, 4) is 0 Å². The molecule has 0 amide bonds. The largest absolute Gasteiger partial charge is 0.479 e. The summed E-state index contributed by atoms with van der Waals surface area (Å²) in [7, 11) is -3.80. The highest BCUT2D eigenvalue weighted by atomic mass is 32.2. The first kappa shape index (κ1) is 11.3. The minimum Gasteiger partial charge on any atom is -0.479 e. The molecule has 8 heteroatoms. The minimum absolute atomic E-state index is 0.202. The zero-order chi connectivity index (χ0) is 9.78. The summed E-state index contributed by atoms with van der Waals surface area (Å²) < 4.78 is 22.3. The summed E-state index contributed by atoms with van der Waals surface area (Å²) in [5, 5.41) is 21.3. The summed E-state index contributed by atoms with van der Waals surface area (Å²) in [6.45, 7) is -0.202. The van der Waals surface area contributed by atoms with E-state index in [2.05, 4.69) is 5.14 Å². The van der Waals surface area contributed by atoms with Crippen LogP contribution in [0.4, 0.5) is 0 Å². The molecule has 0 aromatic heterocycles. The van der Waals surface area contributed by atoms with Gasteiger partial charge < -0.3 is 10.2 Å². The Hall–Kier alpha value is -0.700. The molecule has 0 radical (unpaired) electrons. The van der Waals surface area contributed by atoms with Crippen molar-refractivity contribution < 1.29 is 23.4 Å². The molecule has 0 fully saturated rings. The summed E-state index contributed by atoms with van der Waals surface area (Å²) in [6, 6.07) is 0. The van der Waals surface area contributed by atoms with Gasteiger partial charge in [0.15, 0.2) is 6.10 Å². The molecule has 0 spiro atoms. The maximum atomic E-state index is 10.2. The second kappa shape index (κ2) is 4.36. The first-order valence-corrected chi connectivity index (χ1v) is 4.56. The summed E-state index contributed by atoms with van der Waals surface area (Å²) in [6.07, 6.45) is -1.79.